The normalized spacial score (nSPS) is 25.5. The quantitative estimate of drug-likeness (QED) is 0.443. The molecule has 0 bridgehead atoms. The number of carbonyl (C=O) groups is 3. The van der Waals surface area contributed by atoms with Crippen LogP contribution in [0, 0.1) is 11.3 Å². The molecule has 1 amide bonds. The molecule has 3 heterocycles. The number of hydrogen-bond donors (Lipinski definition) is 1. The fourth-order valence-corrected chi connectivity index (χ4v) is 6.56. The lowest BCUT2D eigenvalue weighted by atomic mass is 9.63. The molecule has 1 N–H and O–H groups in total. The Labute approximate surface area is 221 Å². The topological polar surface area (TPSA) is 66.5 Å². The minimum absolute atomic E-state index is 0.0861. The van der Waals surface area contributed by atoms with E-state index in [1.165, 1.54) is 0 Å². The van der Waals surface area contributed by atoms with Crippen molar-refractivity contribution in [1.82, 2.24) is 0 Å². The number of amides is 1. The SMILES string of the molecule is CC(C)(C)C(=O)[C@H]1[C@H](C(=O)c2ccccc2)[C@]2(C(=O)Nc3ccccc32)[C@H]2C=Cc3cc(Cl)ccc3N12. The van der Waals surface area contributed by atoms with Crippen LogP contribution >= 0.6 is 11.6 Å². The number of ketones is 2. The summed E-state index contributed by atoms with van der Waals surface area (Å²) in [7, 11) is 0. The van der Waals surface area contributed by atoms with Crippen molar-refractivity contribution in [2.45, 2.75) is 38.3 Å². The highest BCUT2D eigenvalue weighted by molar-refractivity contribution is 6.31. The molecule has 3 aliphatic heterocycles. The van der Waals surface area contributed by atoms with E-state index in [9.17, 15) is 14.4 Å². The maximum absolute atomic E-state index is 14.5. The summed E-state index contributed by atoms with van der Waals surface area (Å²) in [6, 6.07) is 20.6. The predicted octanol–water partition coefficient (Wildman–Crippen LogP) is 5.93. The molecule has 186 valence electrons. The molecule has 37 heavy (non-hydrogen) atoms. The van der Waals surface area contributed by atoms with Crippen molar-refractivity contribution in [2.75, 3.05) is 10.2 Å². The van der Waals surface area contributed by atoms with Gasteiger partial charge in [-0.3, -0.25) is 14.4 Å². The molecule has 5 nitrogen and oxygen atoms in total. The molecule has 0 unspecified atom stereocenters. The smallest absolute Gasteiger partial charge is 0.238 e. The molecule has 0 saturated carbocycles. The molecule has 1 saturated heterocycles. The monoisotopic (exact) mass is 510 g/mol. The Balaban J connectivity index is 1.69. The average Bonchev–Trinajstić information content (AvgIpc) is 3.35. The Morgan fingerprint density at radius 2 is 1.68 bits per heavy atom. The molecule has 1 spiro atoms. The van der Waals surface area contributed by atoms with Gasteiger partial charge in [-0.05, 0) is 35.4 Å². The summed E-state index contributed by atoms with van der Waals surface area (Å²) >= 11 is 6.32. The van der Waals surface area contributed by atoms with Crippen molar-refractivity contribution in [3.8, 4) is 0 Å². The van der Waals surface area contributed by atoms with Crippen LogP contribution in [0.25, 0.3) is 6.08 Å². The summed E-state index contributed by atoms with van der Waals surface area (Å²) in [4.78, 5) is 45.0. The number of para-hydroxylation sites is 1. The summed E-state index contributed by atoms with van der Waals surface area (Å²) in [5.41, 5.74) is 1.51. The van der Waals surface area contributed by atoms with Gasteiger partial charge in [-0.2, -0.15) is 0 Å². The Kier molecular flexibility index (Phi) is 5.22. The molecule has 1 fully saturated rings. The van der Waals surface area contributed by atoms with Gasteiger partial charge in [-0.1, -0.05) is 93.1 Å². The second-order valence-electron chi connectivity index (χ2n) is 11.1. The van der Waals surface area contributed by atoms with Crippen LogP contribution in [0.3, 0.4) is 0 Å². The van der Waals surface area contributed by atoms with E-state index < -0.39 is 28.8 Å². The van der Waals surface area contributed by atoms with Crippen LogP contribution in [0.15, 0.2) is 78.9 Å². The van der Waals surface area contributed by atoms with Crippen LogP contribution in [0.2, 0.25) is 5.02 Å². The predicted molar refractivity (Wildman–Crippen MR) is 146 cm³/mol. The zero-order chi connectivity index (χ0) is 26.1. The number of hydrogen-bond acceptors (Lipinski definition) is 4. The van der Waals surface area contributed by atoms with Gasteiger partial charge in [0.25, 0.3) is 0 Å². The molecular weight excluding hydrogens is 484 g/mol. The minimum atomic E-state index is -1.29. The van der Waals surface area contributed by atoms with Gasteiger partial charge in [-0.15, -0.1) is 0 Å². The fraction of sp³-hybridized carbons (Fsp3) is 0.258. The molecule has 0 radical (unpaired) electrons. The van der Waals surface area contributed by atoms with Gasteiger partial charge in [0.1, 0.15) is 11.5 Å². The number of halogens is 1. The third-order valence-electron chi connectivity index (χ3n) is 7.94. The van der Waals surface area contributed by atoms with E-state index in [1.54, 1.807) is 18.2 Å². The number of nitrogens with one attached hydrogen (secondary N) is 1. The maximum atomic E-state index is 14.5. The molecule has 6 heteroatoms. The highest BCUT2D eigenvalue weighted by Crippen LogP contribution is 2.58. The van der Waals surface area contributed by atoms with Gasteiger partial charge in [0.05, 0.1) is 12.0 Å². The van der Waals surface area contributed by atoms with Gasteiger partial charge < -0.3 is 10.2 Å². The third-order valence-corrected chi connectivity index (χ3v) is 8.18. The Hall–Kier alpha value is -3.70. The minimum Gasteiger partial charge on any atom is -0.352 e. The molecule has 0 aromatic heterocycles. The lowest BCUT2D eigenvalue weighted by Crippen LogP contribution is -2.51. The Morgan fingerprint density at radius 3 is 2.41 bits per heavy atom. The third kappa shape index (κ3) is 3.27. The van der Waals surface area contributed by atoms with Gasteiger partial charge in [0.2, 0.25) is 5.91 Å². The van der Waals surface area contributed by atoms with E-state index in [1.807, 2.05) is 92.4 Å². The van der Waals surface area contributed by atoms with Crippen LogP contribution in [0.1, 0.15) is 42.3 Å². The molecular formula is C31H27ClN2O3. The number of carbonyl (C=O) groups excluding carboxylic acids is 3. The summed E-state index contributed by atoms with van der Waals surface area (Å²) in [5, 5.41) is 3.63. The number of benzene rings is 3. The first-order valence-electron chi connectivity index (χ1n) is 12.5. The van der Waals surface area contributed by atoms with Gasteiger partial charge >= 0.3 is 0 Å². The lowest BCUT2D eigenvalue weighted by Gasteiger charge is -2.38. The molecule has 0 aliphatic carbocycles. The molecule has 3 aliphatic rings. The first-order chi connectivity index (χ1) is 17.7. The first-order valence-corrected chi connectivity index (χ1v) is 12.8. The van der Waals surface area contributed by atoms with E-state index in [4.69, 9.17) is 11.6 Å². The fourth-order valence-electron chi connectivity index (χ4n) is 6.38. The van der Waals surface area contributed by atoms with Crippen molar-refractivity contribution >= 4 is 46.5 Å². The van der Waals surface area contributed by atoms with Crippen LogP contribution in [0.4, 0.5) is 11.4 Å². The van der Waals surface area contributed by atoms with Gasteiger partial charge in [0, 0.05) is 27.4 Å². The lowest BCUT2D eigenvalue weighted by molar-refractivity contribution is -0.128. The van der Waals surface area contributed by atoms with Crippen LogP contribution in [-0.4, -0.2) is 29.6 Å². The highest BCUT2D eigenvalue weighted by Gasteiger charge is 2.70. The average molecular weight is 511 g/mol. The second kappa shape index (κ2) is 8.15. The Bertz CT molecular complexity index is 1490. The summed E-state index contributed by atoms with van der Waals surface area (Å²) in [5.74, 6) is -1.50. The zero-order valence-electron chi connectivity index (χ0n) is 20.9. The number of anilines is 2. The molecule has 3 aromatic rings. The highest BCUT2D eigenvalue weighted by atomic mass is 35.5. The number of rotatable bonds is 3. The van der Waals surface area contributed by atoms with E-state index >= 15 is 0 Å². The van der Waals surface area contributed by atoms with Crippen LogP contribution < -0.4 is 10.2 Å². The van der Waals surface area contributed by atoms with E-state index in [2.05, 4.69) is 5.32 Å². The van der Waals surface area contributed by atoms with E-state index in [0.717, 1.165) is 16.8 Å². The van der Waals surface area contributed by atoms with Crippen LogP contribution in [0.5, 0.6) is 0 Å². The Morgan fingerprint density at radius 1 is 0.973 bits per heavy atom. The van der Waals surface area contributed by atoms with E-state index in [-0.39, 0.29) is 17.5 Å². The summed E-state index contributed by atoms with van der Waals surface area (Å²) in [6.07, 6.45) is 3.91. The van der Waals surface area contributed by atoms with Crippen molar-refractivity contribution in [2.24, 2.45) is 11.3 Å². The van der Waals surface area contributed by atoms with E-state index in [0.29, 0.717) is 16.3 Å². The van der Waals surface area contributed by atoms with Gasteiger partial charge in [0.15, 0.2) is 11.6 Å². The standard InChI is InChI=1S/C31H27ClN2O3/c1-30(2,3)28(36)26-25(27(35)18-9-5-4-6-10-18)31(21-11-7-8-12-22(21)33-29(31)37)24-16-13-19-17-20(32)14-15-23(19)34(24)26/h4-17,24-26H,1-3H3,(H,33,37)/t24-,25-,26-,31-/m1/s1. The van der Waals surface area contributed by atoms with Crippen molar-refractivity contribution in [3.63, 3.8) is 0 Å². The summed E-state index contributed by atoms with van der Waals surface area (Å²) in [6.45, 7) is 5.60. The van der Waals surface area contributed by atoms with Crippen LogP contribution in [-0.2, 0) is 15.0 Å². The summed E-state index contributed by atoms with van der Waals surface area (Å²) < 4.78 is 0. The van der Waals surface area contributed by atoms with Crippen molar-refractivity contribution in [1.29, 1.82) is 0 Å². The zero-order valence-corrected chi connectivity index (χ0v) is 21.6. The maximum Gasteiger partial charge on any atom is 0.238 e. The molecule has 3 aromatic carbocycles. The van der Waals surface area contributed by atoms with Crippen molar-refractivity contribution < 1.29 is 14.4 Å². The molecule has 6 rings (SSSR count). The first kappa shape index (κ1) is 23.7. The number of nitrogens with zero attached hydrogens (tertiary/aromatic N) is 1. The largest absolute Gasteiger partial charge is 0.352 e. The second-order valence-corrected chi connectivity index (χ2v) is 11.5. The molecule has 4 atom stereocenters. The number of fused-ring (bicyclic) bond motifs is 6. The van der Waals surface area contributed by atoms with Gasteiger partial charge in [-0.25, -0.2) is 0 Å². The number of Topliss-reactive ketones (excluding diaryl/α,β-unsaturated/α-hetero) is 2. The van der Waals surface area contributed by atoms with Crippen molar-refractivity contribution in [3.05, 3.63) is 101 Å².